The summed E-state index contributed by atoms with van der Waals surface area (Å²) in [5, 5.41) is 0. The third kappa shape index (κ3) is 3.79. The van der Waals surface area contributed by atoms with Gasteiger partial charge in [0.05, 0.1) is 21.3 Å². The number of rotatable bonds is 4. The van der Waals surface area contributed by atoms with E-state index in [4.69, 9.17) is 14.2 Å². The molecule has 0 atom stereocenters. The summed E-state index contributed by atoms with van der Waals surface area (Å²) in [5.41, 5.74) is -0.833. The average Bonchev–Trinajstić information content (AvgIpc) is 2.25. The molecule has 0 N–H and O–H groups in total. The third-order valence-electron chi connectivity index (χ3n) is 2.09. The van der Waals surface area contributed by atoms with Crippen LogP contribution in [0.25, 0.3) is 0 Å². The van der Waals surface area contributed by atoms with Crippen LogP contribution in [-0.2, 0) is 0 Å². The van der Waals surface area contributed by atoms with Crippen molar-refractivity contribution in [1.29, 1.82) is 0 Å². The molecule has 0 bridgehead atoms. The molecule has 0 aliphatic heterocycles. The van der Waals surface area contributed by atoms with Gasteiger partial charge in [0.25, 0.3) is 0 Å². The molecule has 17 heavy (non-hydrogen) atoms. The molecule has 0 amide bonds. The molecule has 0 heterocycles. The smallest absolute Gasteiger partial charge is 0.496 e. The number of methoxy groups -OCH3 is 3. The second-order valence-electron chi connectivity index (χ2n) is 3.00. The second kappa shape index (κ2) is 6.89. The Labute approximate surface area is 140 Å². The van der Waals surface area contributed by atoms with Crippen molar-refractivity contribution in [3.05, 3.63) is 12.1 Å². The normalized spacial score (nSPS) is 10.5. The van der Waals surface area contributed by atoms with Gasteiger partial charge in [-0.1, -0.05) is 11.5 Å². The molecule has 8 heteroatoms. The van der Waals surface area contributed by atoms with Gasteiger partial charge in [-0.2, -0.15) is 0 Å². The van der Waals surface area contributed by atoms with Crippen molar-refractivity contribution in [2.24, 2.45) is 0 Å². The van der Waals surface area contributed by atoms with Gasteiger partial charge in [-0.15, -0.1) is 0 Å². The van der Waals surface area contributed by atoms with E-state index in [9.17, 15) is 12.9 Å². The zero-order valence-electron chi connectivity index (χ0n) is 10.1. The van der Waals surface area contributed by atoms with E-state index >= 15 is 0 Å². The maximum atomic E-state index is 12.7. The first-order valence-electron chi connectivity index (χ1n) is 4.44. The van der Waals surface area contributed by atoms with Gasteiger partial charge in [0, 0.05) is 0 Å². The van der Waals surface area contributed by atoms with Crippen molar-refractivity contribution in [1.82, 2.24) is 0 Å². The molecule has 0 spiro atoms. The van der Waals surface area contributed by atoms with Gasteiger partial charge in [-0.3, -0.25) is 0 Å². The minimum atomic E-state index is -5.15. The molecule has 1 aromatic rings. The van der Waals surface area contributed by atoms with E-state index in [1.807, 2.05) is 0 Å². The van der Waals surface area contributed by atoms with E-state index in [0.29, 0.717) is 0 Å². The maximum absolute atomic E-state index is 12.7. The zero-order chi connectivity index (χ0) is 12.3. The quantitative estimate of drug-likeness (QED) is 0.644. The van der Waals surface area contributed by atoms with E-state index < -0.39 is 12.4 Å². The van der Waals surface area contributed by atoms with Crippen molar-refractivity contribution in [2.45, 2.75) is 0 Å². The van der Waals surface area contributed by atoms with E-state index in [-0.39, 0.29) is 68.6 Å². The van der Waals surface area contributed by atoms with Crippen LogP contribution < -0.4 is 71.1 Å². The monoisotopic (exact) mass is 274 g/mol. The van der Waals surface area contributed by atoms with Gasteiger partial charge >= 0.3 is 58.4 Å². The van der Waals surface area contributed by atoms with E-state index in [2.05, 4.69) is 0 Å². The molecule has 0 saturated heterocycles. The fourth-order valence-corrected chi connectivity index (χ4v) is 1.38. The number of ether oxygens (including phenoxy) is 3. The Bertz CT molecular complexity index is 384. The Hall–Kier alpha value is 0.111. The van der Waals surface area contributed by atoms with Crippen molar-refractivity contribution in [3.63, 3.8) is 0 Å². The van der Waals surface area contributed by atoms with Gasteiger partial charge in [-0.05, 0) is 6.07 Å². The molecular weight excluding hydrogens is 263 g/mol. The molecule has 1 aromatic carbocycles. The molecule has 0 aliphatic carbocycles. The average molecular weight is 274 g/mol. The Morgan fingerprint density at radius 3 is 1.76 bits per heavy atom. The standard InChI is InChI=1S/C9H11BF3O3.K/c1-14-7-5-4-6(10(11,12)13)8(15-2)9(7)16-3;/h4-5H,1-3H3;/q-1;+1. The van der Waals surface area contributed by atoms with Gasteiger partial charge in [0.2, 0.25) is 0 Å². The Kier molecular flexibility index (Phi) is 6.93. The van der Waals surface area contributed by atoms with Crippen LogP contribution in [0, 0.1) is 0 Å². The molecule has 0 saturated carbocycles. The predicted octanol–water partition coefficient (Wildman–Crippen LogP) is -1.23. The summed E-state index contributed by atoms with van der Waals surface area (Å²) in [5.74, 6) is -0.209. The van der Waals surface area contributed by atoms with Crippen LogP contribution in [0.4, 0.5) is 12.9 Å². The molecule has 0 radical (unpaired) electrons. The summed E-state index contributed by atoms with van der Waals surface area (Å²) in [6.45, 7) is -5.15. The first kappa shape index (κ1) is 17.1. The fourth-order valence-electron chi connectivity index (χ4n) is 1.38. The van der Waals surface area contributed by atoms with Crippen LogP contribution in [-0.4, -0.2) is 28.3 Å². The van der Waals surface area contributed by atoms with Crippen LogP contribution in [0.15, 0.2) is 12.1 Å². The van der Waals surface area contributed by atoms with Crippen molar-refractivity contribution in [3.8, 4) is 17.2 Å². The maximum Gasteiger partial charge on any atom is 1.00 e. The molecule has 90 valence electrons. The minimum Gasteiger partial charge on any atom is -0.496 e. The summed E-state index contributed by atoms with van der Waals surface area (Å²) in [4.78, 5) is 0. The topological polar surface area (TPSA) is 27.7 Å². The first-order chi connectivity index (χ1) is 7.45. The number of hydrogen-bond acceptors (Lipinski definition) is 3. The molecule has 0 fully saturated rings. The molecule has 0 aromatic heterocycles. The SMILES string of the molecule is COc1ccc([B-](F)(F)F)c(OC)c1OC.[K+]. The summed E-state index contributed by atoms with van der Waals surface area (Å²) in [6.07, 6.45) is 0. The van der Waals surface area contributed by atoms with Crippen LogP contribution in [0.3, 0.4) is 0 Å². The minimum absolute atomic E-state index is 0. The predicted molar refractivity (Wildman–Crippen MR) is 54.8 cm³/mol. The number of benzene rings is 1. The van der Waals surface area contributed by atoms with E-state index in [1.54, 1.807) is 0 Å². The van der Waals surface area contributed by atoms with Gasteiger partial charge in [0.15, 0.2) is 11.5 Å². The number of halogens is 3. The van der Waals surface area contributed by atoms with Gasteiger partial charge < -0.3 is 27.2 Å². The van der Waals surface area contributed by atoms with E-state index in [1.165, 1.54) is 20.3 Å². The Morgan fingerprint density at radius 2 is 1.41 bits per heavy atom. The van der Waals surface area contributed by atoms with Gasteiger partial charge in [-0.25, -0.2) is 0 Å². The van der Waals surface area contributed by atoms with Crippen molar-refractivity contribution in [2.75, 3.05) is 21.3 Å². The van der Waals surface area contributed by atoms with Crippen LogP contribution in [0.5, 0.6) is 17.2 Å². The first-order valence-corrected chi connectivity index (χ1v) is 4.44. The van der Waals surface area contributed by atoms with Crippen LogP contribution in [0.1, 0.15) is 0 Å². The Balaban J connectivity index is 0.00000256. The Morgan fingerprint density at radius 1 is 0.882 bits per heavy atom. The van der Waals surface area contributed by atoms with Crippen molar-refractivity contribution < 1.29 is 78.5 Å². The summed E-state index contributed by atoms with van der Waals surface area (Å²) < 4.78 is 52.5. The molecule has 3 nitrogen and oxygen atoms in total. The molecule has 0 aliphatic rings. The second-order valence-corrected chi connectivity index (χ2v) is 3.00. The van der Waals surface area contributed by atoms with Gasteiger partial charge in [0.1, 0.15) is 5.75 Å². The third-order valence-corrected chi connectivity index (χ3v) is 2.09. The summed E-state index contributed by atoms with van der Waals surface area (Å²) in [7, 11) is 3.76. The summed E-state index contributed by atoms with van der Waals surface area (Å²) >= 11 is 0. The van der Waals surface area contributed by atoms with Crippen LogP contribution in [0.2, 0.25) is 0 Å². The molecule has 0 unspecified atom stereocenters. The van der Waals surface area contributed by atoms with E-state index in [0.717, 1.165) is 13.2 Å². The van der Waals surface area contributed by atoms with Crippen molar-refractivity contribution >= 4 is 12.4 Å². The molecular formula is C9H11BF3KO3. The van der Waals surface area contributed by atoms with Crippen LogP contribution >= 0.6 is 0 Å². The fraction of sp³-hybridized carbons (Fsp3) is 0.333. The summed E-state index contributed by atoms with van der Waals surface area (Å²) in [6, 6.07) is 2.12. The largest absolute Gasteiger partial charge is 1.00 e. The zero-order valence-corrected chi connectivity index (χ0v) is 13.2. The number of hydrogen-bond donors (Lipinski definition) is 0. The molecule has 1 rings (SSSR count).